The lowest BCUT2D eigenvalue weighted by Crippen LogP contribution is -2.23. The van der Waals surface area contributed by atoms with Crippen LogP contribution in [0.3, 0.4) is 0 Å². The molecule has 5 heteroatoms. The molecule has 2 aromatic rings. The van der Waals surface area contributed by atoms with Gasteiger partial charge in [0.25, 0.3) is 5.91 Å². The Labute approximate surface area is 119 Å². The van der Waals surface area contributed by atoms with Crippen molar-refractivity contribution in [2.24, 2.45) is 0 Å². The van der Waals surface area contributed by atoms with Gasteiger partial charge >= 0.3 is 0 Å². The molecular formula is C14H13BrN2O2. The van der Waals surface area contributed by atoms with Crippen LogP contribution >= 0.6 is 15.9 Å². The predicted octanol–water partition coefficient (Wildman–Crippen LogP) is 2.89. The maximum absolute atomic E-state index is 11.8. The summed E-state index contributed by atoms with van der Waals surface area (Å²) in [6.07, 6.45) is 0. The van der Waals surface area contributed by atoms with Crippen molar-refractivity contribution in [1.29, 1.82) is 0 Å². The molecule has 1 amide bonds. The van der Waals surface area contributed by atoms with Crippen LogP contribution in [0.2, 0.25) is 0 Å². The van der Waals surface area contributed by atoms with Crippen LogP contribution in [-0.4, -0.2) is 5.91 Å². The fourth-order valence-corrected chi connectivity index (χ4v) is 2.07. The van der Waals surface area contributed by atoms with E-state index in [1.807, 2.05) is 30.3 Å². The summed E-state index contributed by atoms with van der Waals surface area (Å²) in [6.45, 7) is 0.316. The normalized spacial score (nSPS) is 10.2. The van der Waals surface area contributed by atoms with Gasteiger partial charge in [0.2, 0.25) is 0 Å². The van der Waals surface area contributed by atoms with E-state index in [1.165, 1.54) is 0 Å². The summed E-state index contributed by atoms with van der Waals surface area (Å²) in [4.78, 5) is 17.0. The average molecular weight is 321 g/mol. The Balaban J connectivity index is 1.91. The van der Waals surface area contributed by atoms with Gasteiger partial charge in [-0.2, -0.15) is 0 Å². The lowest BCUT2D eigenvalue weighted by molar-refractivity contribution is 0.0233. The molecule has 0 saturated carbocycles. The molecule has 0 aliphatic rings. The van der Waals surface area contributed by atoms with Crippen molar-refractivity contribution in [1.82, 2.24) is 5.48 Å². The molecule has 2 aromatic carbocycles. The highest BCUT2D eigenvalue weighted by Gasteiger charge is 2.07. The summed E-state index contributed by atoms with van der Waals surface area (Å²) in [5.41, 5.74) is 10.00. The van der Waals surface area contributed by atoms with E-state index in [9.17, 15) is 4.79 Å². The van der Waals surface area contributed by atoms with Crippen molar-refractivity contribution in [2.75, 3.05) is 5.73 Å². The number of anilines is 1. The number of nitrogens with two attached hydrogens (primary N) is 1. The smallest absolute Gasteiger partial charge is 0.274 e. The molecule has 19 heavy (non-hydrogen) atoms. The molecule has 0 unspecified atom stereocenters. The second-order valence-corrected chi connectivity index (χ2v) is 4.89. The number of nitrogen functional groups attached to an aromatic ring is 1. The van der Waals surface area contributed by atoms with Crippen LogP contribution in [0.15, 0.2) is 53.0 Å². The average Bonchev–Trinajstić information content (AvgIpc) is 2.38. The molecule has 0 fully saturated rings. The van der Waals surface area contributed by atoms with Crippen molar-refractivity contribution in [3.8, 4) is 0 Å². The topological polar surface area (TPSA) is 64.4 Å². The first-order valence-electron chi connectivity index (χ1n) is 5.67. The molecule has 4 nitrogen and oxygen atoms in total. The fourth-order valence-electron chi connectivity index (χ4n) is 1.56. The van der Waals surface area contributed by atoms with Crippen molar-refractivity contribution in [2.45, 2.75) is 6.61 Å². The number of hydrogen-bond acceptors (Lipinski definition) is 3. The van der Waals surface area contributed by atoms with Crippen molar-refractivity contribution in [3.05, 3.63) is 64.1 Å². The number of rotatable bonds is 4. The number of hydroxylamine groups is 1. The minimum Gasteiger partial charge on any atom is -0.399 e. The summed E-state index contributed by atoms with van der Waals surface area (Å²) in [7, 11) is 0. The van der Waals surface area contributed by atoms with E-state index in [2.05, 4.69) is 21.4 Å². The summed E-state index contributed by atoms with van der Waals surface area (Å²) in [5.74, 6) is -0.330. The van der Waals surface area contributed by atoms with E-state index in [4.69, 9.17) is 10.6 Å². The number of nitrogens with one attached hydrogen (secondary N) is 1. The Bertz CT molecular complexity index is 553. The van der Waals surface area contributed by atoms with Gasteiger partial charge in [0, 0.05) is 15.7 Å². The van der Waals surface area contributed by atoms with Crippen molar-refractivity contribution in [3.63, 3.8) is 0 Å². The summed E-state index contributed by atoms with van der Waals surface area (Å²) in [6, 6.07) is 14.6. The van der Waals surface area contributed by atoms with Gasteiger partial charge < -0.3 is 5.73 Å². The van der Waals surface area contributed by atoms with Gasteiger partial charge in [-0.15, -0.1) is 0 Å². The standard InChI is InChI=1S/C14H13BrN2O2/c15-12-6-11(7-13(16)8-12)14(18)17-19-9-10-4-2-1-3-5-10/h1-8H,9,16H2,(H,17,18). The fraction of sp³-hybridized carbons (Fsp3) is 0.0714. The lowest BCUT2D eigenvalue weighted by atomic mass is 10.2. The number of benzene rings is 2. The van der Waals surface area contributed by atoms with Gasteiger partial charge in [0.15, 0.2) is 0 Å². The van der Waals surface area contributed by atoms with E-state index in [0.717, 1.165) is 10.0 Å². The van der Waals surface area contributed by atoms with Crippen LogP contribution < -0.4 is 11.2 Å². The van der Waals surface area contributed by atoms with Crippen LogP contribution in [-0.2, 0) is 11.4 Å². The highest BCUT2D eigenvalue weighted by molar-refractivity contribution is 9.10. The Hall–Kier alpha value is -1.85. The van der Waals surface area contributed by atoms with Crippen LogP contribution in [0.25, 0.3) is 0 Å². The molecule has 3 N–H and O–H groups in total. The minimum atomic E-state index is -0.330. The zero-order valence-electron chi connectivity index (χ0n) is 10.1. The molecule has 0 bridgehead atoms. The molecule has 2 rings (SSSR count). The van der Waals surface area contributed by atoms with E-state index in [-0.39, 0.29) is 5.91 Å². The Kier molecular flexibility index (Phi) is 4.54. The maximum atomic E-state index is 11.8. The van der Waals surface area contributed by atoms with Gasteiger partial charge in [-0.25, -0.2) is 5.48 Å². The molecule has 0 aromatic heterocycles. The van der Waals surface area contributed by atoms with Gasteiger partial charge in [0.1, 0.15) is 0 Å². The highest BCUT2D eigenvalue weighted by atomic mass is 79.9. The van der Waals surface area contributed by atoms with Gasteiger partial charge in [-0.1, -0.05) is 46.3 Å². The van der Waals surface area contributed by atoms with E-state index in [1.54, 1.807) is 18.2 Å². The Morgan fingerprint density at radius 2 is 1.95 bits per heavy atom. The first-order chi connectivity index (χ1) is 9.15. The molecule has 0 aliphatic heterocycles. The summed E-state index contributed by atoms with van der Waals surface area (Å²) >= 11 is 3.29. The Morgan fingerprint density at radius 3 is 2.63 bits per heavy atom. The van der Waals surface area contributed by atoms with Crippen LogP contribution in [0.5, 0.6) is 0 Å². The summed E-state index contributed by atoms with van der Waals surface area (Å²) in [5, 5.41) is 0. The van der Waals surface area contributed by atoms with E-state index in [0.29, 0.717) is 17.9 Å². The number of halogens is 1. The highest BCUT2D eigenvalue weighted by Crippen LogP contribution is 2.17. The molecule has 98 valence electrons. The monoisotopic (exact) mass is 320 g/mol. The Morgan fingerprint density at radius 1 is 1.21 bits per heavy atom. The molecule has 0 atom stereocenters. The third-order valence-corrected chi connectivity index (χ3v) is 2.89. The van der Waals surface area contributed by atoms with Crippen LogP contribution in [0, 0.1) is 0 Å². The number of amides is 1. The molecule has 0 saturated heterocycles. The first-order valence-corrected chi connectivity index (χ1v) is 6.46. The van der Waals surface area contributed by atoms with Crippen LogP contribution in [0.4, 0.5) is 5.69 Å². The van der Waals surface area contributed by atoms with E-state index >= 15 is 0 Å². The molecule has 0 aliphatic carbocycles. The summed E-state index contributed by atoms with van der Waals surface area (Å²) < 4.78 is 0.751. The van der Waals surface area contributed by atoms with E-state index < -0.39 is 0 Å². The quantitative estimate of drug-likeness (QED) is 0.672. The maximum Gasteiger partial charge on any atom is 0.274 e. The second-order valence-electron chi connectivity index (χ2n) is 3.98. The minimum absolute atomic E-state index is 0.316. The third kappa shape index (κ3) is 4.08. The number of hydrogen-bond donors (Lipinski definition) is 2. The van der Waals surface area contributed by atoms with Crippen molar-refractivity contribution >= 4 is 27.5 Å². The number of carbonyl (C=O) groups excluding carboxylic acids is 1. The SMILES string of the molecule is Nc1cc(Br)cc(C(=O)NOCc2ccccc2)c1. The molecular weight excluding hydrogens is 308 g/mol. The van der Waals surface area contributed by atoms with Crippen molar-refractivity contribution < 1.29 is 9.63 Å². The van der Waals surface area contributed by atoms with Crippen LogP contribution in [0.1, 0.15) is 15.9 Å². The zero-order chi connectivity index (χ0) is 13.7. The number of carbonyl (C=O) groups is 1. The first kappa shape index (κ1) is 13.6. The largest absolute Gasteiger partial charge is 0.399 e. The second kappa shape index (κ2) is 6.36. The van der Waals surface area contributed by atoms with Gasteiger partial charge in [0.05, 0.1) is 6.61 Å². The molecule has 0 spiro atoms. The van der Waals surface area contributed by atoms with Gasteiger partial charge in [-0.05, 0) is 23.8 Å². The predicted molar refractivity (Wildman–Crippen MR) is 77.3 cm³/mol. The zero-order valence-corrected chi connectivity index (χ0v) is 11.7. The third-order valence-electron chi connectivity index (χ3n) is 2.43. The van der Waals surface area contributed by atoms with Gasteiger partial charge in [-0.3, -0.25) is 9.63 Å². The molecule has 0 radical (unpaired) electrons. The lowest BCUT2D eigenvalue weighted by Gasteiger charge is -2.07. The molecule has 0 heterocycles.